The van der Waals surface area contributed by atoms with Crippen LogP contribution in [0.3, 0.4) is 0 Å². The lowest BCUT2D eigenvalue weighted by molar-refractivity contribution is 0.634. The zero-order valence-electron chi connectivity index (χ0n) is 9.41. The van der Waals surface area contributed by atoms with Crippen molar-refractivity contribution in [1.29, 1.82) is 0 Å². The molecule has 0 aliphatic heterocycles. The van der Waals surface area contributed by atoms with Gasteiger partial charge >= 0.3 is 0 Å². The Morgan fingerprint density at radius 2 is 2.14 bits per heavy atom. The van der Waals surface area contributed by atoms with Crippen molar-refractivity contribution < 1.29 is 0 Å². The lowest BCUT2D eigenvalue weighted by Gasteiger charge is -2.20. The van der Waals surface area contributed by atoms with Crippen LogP contribution in [0.15, 0.2) is 12.3 Å². The Bertz CT molecular complexity index is 307. The van der Waals surface area contributed by atoms with E-state index < -0.39 is 0 Å². The first kappa shape index (κ1) is 10.8. The molecule has 1 aromatic rings. The Labute approximate surface area is 85.9 Å². The average molecular weight is 193 g/mol. The number of hydrogen-bond acceptors (Lipinski definition) is 3. The van der Waals surface area contributed by atoms with E-state index in [9.17, 15) is 0 Å². The van der Waals surface area contributed by atoms with E-state index in [0.29, 0.717) is 5.92 Å². The summed E-state index contributed by atoms with van der Waals surface area (Å²) in [6, 6.07) is 2.03. The molecule has 1 aromatic heterocycles. The standard InChI is InChI=1S/C11H19N3/c1-8(2)7-14(4)11-5-9(3)10(12)6-13-11/h5-6,8H,7,12H2,1-4H3. The van der Waals surface area contributed by atoms with Crippen LogP contribution in [-0.4, -0.2) is 18.6 Å². The lowest BCUT2D eigenvalue weighted by Crippen LogP contribution is -2.23. The third-order valence-corrected chi connectivity index (χ3v) is 2.17. The first-order valence-electron chi connectivity index (χ1n) is 4.94. The van der Waals surface area contributed by atoms with Gasteiger partial charge in [-0.05, 0) is 24.5 Å². The maximum atomic E-state index is 5.71. The topological polar surface area (TPSA) is 42.2 Å². The zero-order chi connectivity index (χ0) is 10.7. The molecule has 78 valence electrons. The van der Waals surface area contributed by atoms with E-state index in [-0.39, 0.29) is 0 Å². The molecule has 1 rings (SSSR count). The van der Waals surface area contributed by atoms with Crippen molar-refractivity contribution in [3.8, 4) is 0 Å². The van der Waals surface area contributed by atoms with Crippen LogP contribution >= 0.6 is 0 Å². The zero-order valence-corrected chi connectivity index (χ0v) is 9.41. The third-order valence-electron chi connectivity index (χ3n) is 2.17. The van der Waals surface area contributed by atoms with E-state index in [1.165, 1.54) is 0 Å². The Kier molecular flexibility index (Phi) is 3.33. The highest BCUT2D eigenvalue weighted by Crippen LogP contribution is 2.16. The molecule has 0 radical (unpaired) electrons. The highest BCUT2D eigenvalue weighted by molar-refractivity contribution is 5.51. The van der Waals surface area contributed by atoms with Crippen LogP contribution in [-0.2, 0) is 0 Å². The van der Waals surface area contributed by atoms with Crippen LogP contribution in [0.5, 0.6) is 0 Å². The van der Waals surface area contributed by atoms with Crippen LogP contribution in [0.4, 0.5) is 11.5 Å². The van der Waals surface area contributed by atoms with Crippen molar-refractivity contribution in [3.63, 3.8) is 0 Å². The monoisotopic (exact) mass is 193 g/mol. The van der Waals surface area contributed by atoms with Gasteiger partial charge in [0.25, 0.3) is 0 Å². The Hall–Kier alpha value is -1.25. The fourth-order valence-corrected chi connectivity index (χ4v) is 1.40. The van der Waals surface area contributed by atoms with Gasteiger partial charge in [0.2, 0.25) is 0 Å². The molecule has 0 bridgehead atoms. The summed E-state index contributed by atoms with van der Waals surface area (Å²) in [5.74, 6) is 1.63. The fourth-order valence-electron chi connectivity index (χ4n) is 1.40. The summed E-state index contributed by atoms with van der Waals surface area (Å²) in [7, 11) is 2.05. The molecule has 14 heavy (non-hydrogen) atoms. The number of nitrogens with two attached hydrogens (primary N) is 1. The molecule has 0 saturated carbocycles. The highest BCUT2D eigenvalue weighted by atomic mass is 15.2. The first-order chi connectivity index (χ1) is 6.50. The van der Waals surface area contributed by atoms with Crippen LogP contribution in [0, 0.1) is 12.8 Å². The third kappa shape index (κ3) is 2.62. The largest absolute Gasteiger partial charge is 0.397 e. The van der Waals surface area contributed by atoms with Gasteiger partial charge in [0, 0.05) is 13.6 Å². The van der Waals surface area contributed by atoms with Crippen molar-refractivity contribution in [1.82, 2.24) is 4.98 Å². The van der Waals surface area contributed by atoms with Crippen LogP contribution in [0.2, 0.25) is 0 Å². The Balaban J connectivity index is 2.80. The molecule has 3 nitrogen and oxygen atoms in total. The summed E-state index contributed by atoms with van der Waals surface area (Å²) in [6.45, 7) is 7.40. The normalized spacial score (nSPS) is 10.6. The molecule has 1 heterocycles. The van der Waals surface area contributed by atoms with Gasteiger partial charge in [0.1, 0.15) is 5.82 Å². The van der Waals surface area contributed by atoms with Crippen LogP contribution < -0.4 is 10.6 Å². The van der Waals surface area contributed by atoms with Gasteiger partial charge in [0.05, 0.1) is 11.9 Å². The summed E-state index contributed by atoms with van der Waals surface area (Å²) >= 11 is 0. The molecule has 0 atom stereocenters. The van der Waals surface area contributed by atoms with Crippen molar-refractivity contribution >= 4 is 11.5 Å². The van der Waals surface area contributed by atoms with Crippen molar-refractivity contribution in [2.75, 3.05) is 24.2 Å². The molecule has 0 spiro atoms. The molecular formula is C11H19N3. The number of aromatic nitrogens is 1. The van der Waals surface area contributed by atoms with E-state index in [1.54, 1.807) is 6.20 Å². The van der Waals surface area contributed by atoms with Crippen molar-refractivity contribution in [2.45, 2.75) is 20.8 Å². The van der Waals surface area contributed by atoms with Gasteiger partial charge in [-0.3, -0.25) is 0 Å². The predicted molar refractivity (Wildman–Crippen MR) is 61.5 cm³/mol. The summed E-state index contributed by atoms with van der Waals surface area (Å²) in [6.07, 6.45) is 1.72. The molecule has 2 N–H and O–H groups in total. The second-order valence-corrected chi connectivity index (χ2v) is 4.17. The minimum atomic E-state index is 0.639. The van der Waals surface area contributed by atoms with E-state index in [1.807, 2.05) is 13.0 Å². The predicted octanol–water partition coefficient (Wildman–Crippen LogP) is 2.06. The average Bonchev–Trinajstić information content (AvgIpc) is 2.08. The maximum Gasteiger partial charge on any atom is 0.128 e. The molecule has 0 aliphatic carbocycles. The van der Waals surface area contributed by atoms with E-state index in [2.05, 4.69) is 30.8 Å². The Morgan fingerprint density at radius 1 is 1.50 bits per heavy atom. The number of nitrogen functional groups attached to an aromatic ring is 1. The number of pyridine rings is 1. The van der Waals surface area contributed by atoms with Gasteiger partial charge in [-0.2, -0.15) is 0 Å². The molecule has 0 aromatic carbocycles. The fraction of sp³-hybridized carbons (Fsp3) is 0.545. The maximum absolute atomic E-state index is 5.71. The van der Waals surface area contributed by atoms with Crippen LogP contribution in [0.1, 0.15) is 19.4 Å². The first-order valence-corrected chi connectivity index (χ1v) is 4.94. The minimum Gasteiger partial charge on any atom is -0.397 e. The van der Waals surface area contributed by atoms with Gasteiger partial charge in [-0.15, -0.1) is 0 Å². The summed E-state index contributed by atoms with van der Waals surface area (Å²) in [4.78, 5) is 6.44. The van der Waals surface area contributed by atoms with Gasteiger partial charge in [-0.25, -0.2) is 4.98 Å². The number of nitrogens with zero attached hydrogens (tertiary/aromatic N) is 2. The van der Waals surface area contributed by atoms with Gasteiger partial charge in [0.15, 0.2) is 0 Å². The van der Waals surface area contributed by atoms with Gasteiger partial charge in [-0.1, -0.05) is 13.8 Å². The summed E-state index contributed by atoms with van der Waals surface area (Å²) in [5.41, 5.74) is 7.55. The molecule has 0 amide bonds. The molecule has 0 fully saturated rings. The molecular weight excluding hydrogens is 174 g/mol. The second kappa shape index (κ2) is 4.31. The highest BCUT2D eigenvalue weighted by Gasteiger charge is 2.05. The molecule has 0 saturated heterocycles. The van der Waals surface area contributed by atoms with Crippen molar-refractivity contribution in [3.05, 3.63) is 17.8 Å². The number of hydrogen-bond donors (Lipinski definition) is 1. The molecule has 3 heteroatoms. The minimum absolute atomic E-state index is 0.639. The molecule has 0 aliphatic rings. The number of aryl methyl sites for hydroxylation is 1. The molecule has 0 unspecified atom stereocenters. The second-order valence-electron chi connectivity index (χ2n) is 4.17. The van der Waals surface area contributed by atoms with E-state index in [4.69, 9.17) is 5.73 Å². The Morgan fingerprint density at radius 3 is 2.64 bits per heavy atom. The summed E-state index contributed by atoms with van der Waals surface area (Å²) in [5, 5.41) is 0. The lowest BCUT2D eigenvalue weighted by atomic mass is 10.2. The van der Waals surface area contributed by atoms with Crippen molar-refractivity contribution in [2.24, 2.45) is 5.92 Å². The quantitative estimate of drug-likeness (QED) is 0.799. The number of rotatable bonds is 3. The van der Waals surface area contributed by atoms with E-state index >= 15 is 0 Å². The smallest absolute Gasteiger partial charge is 0.128 e. The SMILES string of the molecule is Cc1cc(N(C)CC(C)C)ncc1N. The van der Waals surface area contributed by atoms with E-state index in [0.717, 1.165) is 23.6 Å². The van der Waals surface area contributed by atoms with Gasteiger partial charge < -0.3 is 10.6 Å². The summed E-state index contributed by atoms with van der Waals surface area (Å²) < 4.78 is 0. The number of anilines is 2. The van der Waals surface area contributed by atoms with Crippen LogP contribution in [0.25, 0.3) is 0 Å².